The molecule has 2 aromatic rings. The van der Waals surface area contributed by atoms with Gasteiger partial charge in [0.2, 0.25) is 6.10 Å². The summed E-state index contributed by atoms with van der Waals surface area (Å²) in [5.41, 5.74) is 0.857. The maximum Gasteiger partial charge on any atom is 0.419 e. The molecule has 0 aliphatic carbocycles. The van der Waals surface area contributed by atoms with Crippen molar-refractivity contribution in [2.45, 2.75) is 43.5 Å². The summed E-state index contributed by atoms with van der Waals surface area (Å²) in [5.74, 6) is -3.10. The molecule has 3 saturated heterocycles. The van der Waals surface area contributed by atoms with Crippen LogP contribution < -0.4 is 15.0 Å². The molecule has 2 aromatic carbocycles. The topological polar surface area (TPSA) is 101 Å². The number of nitrogens with zero attached hydrogens (tertiary/aromatic N) is 3. The first-order chi connectivity index (χ1) is 19.7. The summed E-state index contributed by atoms with van der Waals surface area (Å²) >= 11 is 0. The number of carbonyl (C=O) groups is 3. The summed E-state index contributed by atoms with van der Waals surface area (Å²) in [4.78, 5) is 43.5. The molecule has 3 aliphatic heterocycles. The minimum Gasteiger partial charge on any atom is -0.494 e. The Morgan fingerprint density at radius 3 is 2.41 bits per heavy atom. The fourth-order valence-electron chi connectivity index (χ4n) is 5.87. The highest BCUT2D eigenvalue weighted by atomic mass is 19.2. The number of urea groups is 1. The molecule has 3 heterocycles. The Kier molecular flexibility index (Phi) is 8.25. The van der Waals surface area contributed by atoms with Crippen molar-refractivity contribution in [3.8, 4) is 5.75 Å². The van der Waals surface area contributed by atoms with E-state index in [9.17, 15) is 27.6 Å². The Bertz CT molecular complexity index is 1320. The number of rotatable bonds is 6. The molecule has 3 unspecified atom stereocenters. The number of hydrogen-bond donors (Lipinski definition) is 1. The summed E-state index contributed by atoms with van der Waals surface area (Å²) < 4.78 is 56.4. The lowest BCUT2D eigenvalue weighted by molar-refractivity contribution is -0.150. The van der Waals surface area contributed by atoms with Crippen LogP contribution in [-0.4, -0.2) is 86.5 Å². The van der Waals surface area contributed by atoms with E-state index < -0.39 is 41.9 Å². The zero-order valence-corrected chi connectivity index (χ0v) is 22.6. The second-order valence-corrected chi connectivity index (χ2v) is 10.3. The molecule has 220 valence electrons. The number of benzene rings is 2. The van der Waals surface area contributed by atoms with Crippen LogP contribution in [-0.2, 0) is 14.3 Å². The van der Waals surface area contributed by atoms with E-state index in [0.29, 0.717) is 23.6 Å². The van der Waals surface area contributed by atoms with Crippen molar-refractivity contribution in [3.05, 3.63) is 59.4 Å². The number of cyclic esters (lactones) is 1. The van der Waals surface area contributed by atoms with Crippen LogP contribution in [0, 0.1) is 17.5 Å². The van der Waals surface area contributed by atoms with Gasteiger partial charge < -0.3 is 24.4 Å². The molecule has 41 heavy (non-hydrogen) atoms. The van der Waals surface area contributed by atoms with E-state index in [-0.39, 0.29) is 23.5 Å². The highest BCUT2D eigenvalue weighted by Crippen LogP contribution is 2.36. The fourth-order valence-corrected chi connectivity index (χ4v) is 5.87. The number of halogens is 3. The predicted molar refractivity (Wildman–Crippen MR) is 140 cm³/mol. The van der Waals surface area contributed by atoms with Gasteiger partial charge >= 0.3 is 18.1 Å². The van der Waals surface area contributed by atoms with Gasteiger partial charge in [-0.3, -0.25) is 4.90 Å². The van der Waals surface area contributed by atoms with Crippen LogP contribution in [0.4, 0.5) is 28.4 Å². The number of imide groups is 1. The monoisotopic (exact) mass is 576 g/mol. The smallest absolute Gasteiger partial charge is 0.419 e. The molecule has 10 nitrogen and oxygen atoms in total. The number of esters is 1. The van der Waals surface area contributed by atoms with Gasteiger partial charge in [0.1, 0.15) is 17.6 Å². The lowest BCUT2D eigenvalue weighted by Crippen LogP contribution is -2.49. The number of hydrogen-bond acceptors (Lipinski definition) is 8. The molecular formula is C28H31F3N4O6. The average Bonchev–Trinajstić information content (AvgIpc) is 3.58. The van der Waals surface area contributed by atoms with E-state index in [1.54, 1.807) is 6.07 Å². The molecule has 0 aromatic heterocycles. The molecule has 0 radical (unpaired) electrons. The third-order valence-corrected chi connectivity index (χ3v) is 7.94. The molecule has 5 rings (SSSR count). The highest BCUT2D eigenvalue weighted by molar-refractivity contribution is 5.96. The summed E-state index contributed by atoms with van der Waals surface area (Å²) in [6.45, 7) is 2.79. The Morgan fingerprint density at radius 1 is 0.976 bits per heavy atom. The standard InChI is InChI=1S/C28H31F3N4O6/c1-39-23-14-17(29)4-6-22(23)33-11-8-19(9-12-33)34-10-7-18(15-34)32-27(37)35-24(16-3-5-20(30)21(31)13-16)25(26(36)40-2)41-28(35)38/h3-6,13-14,18-19,24-25H,7-12,15H2,1-2H3,(H,32,37). The van der Waals surface area contributed by atoms with Gasteiger partial charge in [-0.25, -0.2) is 32.5 Å². The molecule has 3 fully saturated rings. The SMILES string of the molecule is COC(=O)C1OC(=O)N(C(=O)NC2CCN(C3CCN(c4ccc(F)cc4OC)CC3)C2)C1c1ccc(F)c(F)c1. The lowest BCUT2D eigenvalue weighted by Gasteiger charge is -2.38. The van der Waals surface area contributed by atoms with Gasteiger partial charge in [0, 0.05) is 44.3 Å². The van der Waals surface area contributed by atoms with E-state index in [1.165, 1.54) is 25.3 Å². The number of nitrogens with one attached hydrogen (secondary N) is 1. The van der Waals surface area contributed by atoms with Crippen LogP contribution in [0.1, 0.15) is 30.9 Å². The Balaban J connectivity index is 1.22. The number of methoxy groups -OCH3 is 2. The first-order valence-corrected chi connectivity index (χ1v) is 13.4. The van der Waals surface area contributed by atoms with Crippen molar-refractivity contribution in [2.75, 3.05) is 45.3 Å². The normalized spacial score (nSPS) is 23.4. The highest BCUT2D eigenvalue weighted by Gasteiger charge is 2.51. The van der Waals surface area contributed by atoms with Gasteiger partial charge in [-0.05, 0) is 49.1 Å². The van der Waals surface area contributed by atoms with Crippen LogP contribution in [0.3, 0.4) is 0 Å². The van der Waals surface area contributed by atoms with Crippen LogP contribution >= 0.6 is 0 Å². The Hall–Kier alpha value is -4.00. The van der Waals surface area contributed by atoms with Gasteiger partial charge in [-0.1, -0.05) is 6.07 Å². The summed E-state index contributed by atoms with van der Waals surface area (Å²) in [7, 11) is 2.61. The number of anilines is 1. The molecule has 13 heteroatoms. The molecule has 0 bridgehead atoms. The Morgan fingerprint density at radius 2 is 1.73 bits per heavy atom. The number of piperidine rings is 1. The maximum atomic E-state index is 14.0. The molecular weight excluding hydrogens is 545 g/mol. The van der Waals surface area contributed by atoms with Gasteiger partial charge in [-0.15, -0.1) is 0 Å². The number of amides is 3. The van der Waals surface area contributed by atoms with E-state index in [4.69, 9.17) is 14.2 Å². The first-order valence-electron chi connectivity index (χ1n) is 13.4. The van der Waals surface area contributed by atoms with Crippen molar-refractivity contribution < 1.29 is 41.8 Å². The molecule has 3 atom stereocenters. The zero-order chi connectivity index (χ0) is 29.3. The lowest BCUT2D eigenvalue weighted by atomic mass is 10.0. The van der Waals surface area contributed by atoms with Crippen molar-refractivity contribution >= 4 is 23.8 Å². The first kappa shape index (κ1) is 28.5. The molecule has 0 saturated carbocycles. The predicted octanol–water partition coefficient (Wildman–Crippen LogP) is 3.60. The minimum atomic E-state index is -1.53. The van der Waals surface area contributed by atoms with Crippen LogP contribution in [0.15, 0.2) is 36.4 Å². The number of likely N-dealkylation sites (tertiary alicyclic amines) is 1. The largest absolute Gasteiger partial charge is 0.494 e. The summed E-state index contributed by atoms with van der Waals surface area (Å²) in [5, 5.41) is 2.84. The van der Waals surface area contributed by atoms with Gasteiger partial charge in [0.05, 0.1) is 19.9 Å². The third-order valence-electron chi connectivity index (χ3n) is 7.94. The van der Waals surface area contributed by atoms with Gasteiger partial charge in [0.25, 0.3) is 0 Å². The average molecular weight is 577 g/mol. The van der Waals surface area contributed by atoms with Crippen molar-refractivity contribution in [2.24, 2.45) is 0 Å². The van der Waals surface area contributed by atoms with Gasteiger partial charge in [0.15, 0.2) is 11.6 Å². The quantitative estimate of drug-likeness (QED) is 0.521. The van der Waals surface area contributed by atoms with E-state index in [1.807, 2.05) is 0 Å². The van der Waals surface area contributed by atoms with Crippen molar-refractivity contribution in [1.82, 2.24) is 15.1 Å². The van der Waals surface area contributed by atoms with Crippen LogP contribution in [0.25, 0.3) is 0 Å². The van der Waals surface area contributed by atoms with Crippen LogP contribution in [0.5, 0.6) is 5.75 Å². The molecule has 0 spiro atoms. The van der Waals surface area contributed by atoms with Gasteiger partial charge in [-0.2, -0.15) is 0 Å². The van der Waals surface area contributed by atoms with Crippen molar-refractivity contribution in [3.63, 3.8) is 0 Å². The minimum absolute atomic E-state index is 0.0119. The van der Waals surface area contributed by atoms with E-state index >= 15 is 0 Å². The van der Waals surface area contributed by atoms with Crippen molar-refractivity contribution in [1.29, 1.82) is 0 Å². The van der Waals surface area contributed by atoms with Crippen LogP contribution in [0.2, 0.25) is 0 Å². The van der Waals surface area contributed by atoms with E-state index in [0.717, 1.165) is 57.4 Å². The molecule has 3 amide bonds. The zero-order valence-electron chi connectivity index (χ0n) is 22.6. The summed E-state index contributed by atoms with van der Waals surface area (Å²) in [6.07, 6.45) is -0.270. The van der Waals surface area contributed by atoms with E-state index in [2.05, 4.69) is 15.1 Å². The Labute approximate surface area is 234 Å². The maximum absolute atomic E-state index is 14.0. The number of carbonyl (C=O) groups excluding carboxylic acids is 3. The fraction of sp³-hybridized carbons (Fsp3) is 0.464. The molecule has 3 aliphatic rings. The molecule has 1 N–H and O–H groups in total. The second kappa shape index (κ2) is 11.9. The number of ether oxygens (including phenoxy) is 3. The third kappa shape index (κ3) is 5.76. The second-order valence-electron chi connectivity index (χ2n) is 10.3. The summed E-state index contributed by atoms with van der Waals surface area (Å²) in [6, 6.07) is 5.21.